The largest absolute Gasteiger partial charge is 0.337 e. The normalized spacial score (nSPS) is 20.0. The number of halogens is 1. The summed E-state index contributed by atoms with van der Waals surface area (Å²) in [5.74, 6) is -0.261. The summed E-state index contributed by atoms with van der Waals surface area (Å²) >= 11 is 1.51. The van der Waals surface area contributed by atoms with Crippen LogP contribution in [-0.2, 0) is 11.3 Å². The molecule has 1 atom stereocenters. The summed E-state index contributed by atoms with van der Waals surface area (Å²) in [7, 11) is 0. The minimum absolute atomic E-state index is 0.00527. The molecule has 0 bridgehead atoms. The third-order valence-corrected chi connectivity index (χ3v) is 6.53. The Labute approximate surface area is 174 Å². The molecule has 7 heteroatoms. The molecule has 4 rings (SSSR count). The van der Waals surface area contributed by atoms with E-state index in [9.17, 15) is 14.0 Å². The number of carbonyl (C=O) groups excluding carboxylic acids is 2. The van der Waals surface area contributed by atoms with Crippen molar-refractivity contribution in [2.75, 3.05) is 31.5 Å². The molecular weight excluding hydrogens is 389 g/mol. The second kappa shape index (κ2) is 8.55. The number of rotatable bonds is 3. The van der Waals surface area contributed by atoms with E-state index in [1.54, 1.807) is 6.07 Å². The van der Waals surface area contributed by atoms with Crippen molar-refractivity contribution in [1.82, 2.24) is 9.80 Å². The van der Waals surface area contributed by atoms with Gasteiger partial charge in [-0.2, -0.15) is 0 Å². The van der Waals surface area contributed by atoms with Crippen molar-refractivity contribution in [3.63, 3.8) is 0 Å². The minimum atomic E-state index is -0.226. The molecule has 0 radical (unpaired) electrons. The van der Waals surface area contributed by atoms with E-state index in [1.807, 2.05) is 36.1 Å². The van der Waals surface area contributed by atoms with Crippen LogP contribution in [0.25, 0.3) is 0 Å². The monoisotopic (exact) mass is 413 g/mol. The molecule has 0 aliphatic carbocycles. The predicted molar refractivity (Wildman–Crippen MR) is 113 cm³/mol. The van der Waals surface area contributed by atoms with Crippen LogP contribution in [0.2, 0.25) is 0 Å². The predicted octanol–water partition coefficient (Wildman–Crippen LogP) is 3.61. The molecule has 0 saturated carbocycles. The highest BCUT2D eigenvalue weighted by molar-refractivity contribution is 8.00. The Kier molecular flexibility index (Phi) is 5.87. The summed E-state index contributed by atoms with van der Waals surface area (Å²) < 4.78 is 13.1. The van der Waals surface area contributed by atoms with Crippen LogP contribution in [0.4, 0.5) is 10.1 Å². The summed E-state index contributed by atoms with van der Waals surface area (Å²) in [5.41, 5.74) is 2.39. The first kappa shape index (κ1) is 19.9. The van der Waals surface area contributed by atoms with Crippen molar-refractivity contribution >= 4 is 29.3 Å². The maximum absolute atomic E-state index is 13.1. The number of fused-ring (bicyclic) bond motifs is 1. The van der Waals surface area contributed by atoms with Gasteiger partial charge in [-0.1, -0.05) is 12.1 Å². The maximum Gasteiger partial charge on any atom is 0.253 e. The number of nitrogens with one attached hydrogen (secondary N) is 1. The van der Waals surface area contributed by atoms with E-state index in [0.717, 1.165) is 42.2 Å². The Hall–Kier alpha value is -2.38. The minimum Gasteiger partial charge on any atom is -0.337 e. The Bertz CT molecular complexity index is 919. The van der Waals surface area contributed by atoms with Crippen LogP contribution in [0.5, 0.6) is 0 Å². The highest BCUT2D eigenvalue weighted by Gasteiger charge is 2.25. The van der Waals surface area contributed by atoms with Crippen molar-refractivity contribution in [2.45, 2.75) is 30.0 Å². The molecular formula is C22H24FN3O2S. The van der Waals surface area contributed by atoms with Crippen LogP contribution >= 0.6 is 11.8 Å². The average molecular weight is 414 g/mol. The quantitative estimate of drug-likeness (QED) is 0.835. The Balaban J connectivity index is 1.40. The van der Waals surface area contributed by atoms with Crippen molar-refractivity contribution in [2.24, 2.45) is 0 Å². The highest BCUT2D eigenvalue weighted by atomic mass is 32.2. The zero-order chi connectivity index (χ0) is 20.4. The Morgan fingerprint density at radius 1 is 1.14 bits per heavy atom. The lowest BCUT2D eigenvalue weighted by atomic mass is 10.1. The molecule has 2 heterocycles. The number of nitrogens with zero attached hydrogens (tertiary/aromatic N) is 2. The Morgan fingerprint density at radius 2 is 1.93 bits per heavy atom. The van der Waals surface area contributed by atoms with Crippen LogP contribution < -0.4 is 5.32 Å². The van der Waals surface area contributed by atoms with Gasteiger partial charge in [-0.3, -0.25) is 14.5 Å². The van der Waals surface area contributed by atoms with Crippen molar-refractivity contribution in [3.05, 3.63) is 59.4 Å². The summed E-state index contributed by atoms with van der Waals surface area (Å²) in [5, 5.41) is 2.77. The smallest absolute Gasteiger partial charge is 0.253 e. The Morgan fingerprint density at radius 3 is 2.72 bits per heavy atom. The molecule has 29 heavy (non-hydrogen) atoms. The highest BCUT2D eigenvalue weighted by Crippen LogP contribution is 2.36. The molecule has 2 aliphatic rings. The molecule has 1 saturated heterocycles. The second-order valence-electron chi connectivity index (χ2n) is 7.51. The van der Waals surface area contributed by atoms with Crippen LogP contribution in [0.1, 0.15) is 29.3 Å². The van der Waals surface area contributed by atoms with Gasteiger partial charge in [-0.05, 0) is 49.2 Å². The molecule has 5 nitrogen and oxygen atoms in total. The van der Waals surface area contributed by atoms with Gasteiger partial charge in [0.2, 0.25) is 5.91 Å². The molecule has 152 valence electrons. The molecule has 1 N–H and O–H groups in total. The molecule has 1 unspecified atom stereocenters. The summed E-state index contributed by atoms with van der Waals surface area (Å²) in [6, 6.07) is 12.1. The lowest BCUT2D eigenvalue weighted by Gasteiger charge is -2.24. The van der Waals surface area contributed by atoms with E-state index in [-0.39, 0.29) is 22.9 Å². The van der Waals surface area contributed by atoms with E-state index >= 15 is 0 Å². The van der Waals surface area contributed by atoms with Gasteiger partial charge < -0.3 is 10.2 Å². The second-order valence-corrected chi connectivity index (χ2v) is 8.89. The molecule has 0 aromatic heterocycles. The molecule has 1 fully saturated rings. The first-order valence-corrected chi connectivity index (χ1v) is 10.8. The zero-order valence-corrected chi connectivity index (χ0v) is 17.2. The van der Waals surface area contributed by atoms with E-state index < -0.39 is 0 Å². The molecule has 0 spiro atoms. The number of thioether (sulfide) groups is 1. The SMILES string of the molecule is CC1Sc2ccc(C(=O)N3CCCN(Cc4ccc(F)cc4)CC3)cc2NC1=O. The summed E-state index contributed by atoms with van der Waals surface area (Å²) in [4.78, 5) is 30.1. The molecule has 2 amide bonds. The standard InChI is InChI=1S/C22H24FN3O2S/c1-15-21(27)24-19-13-17(5-8-20(19)29-15)22(28)26-10-2-9-25(11-12-26)14-16-3-6-18(23)7-4-16/h3-8,13,15H,2,9-12,14H2,1H3,(H,24,27). The lowest BCUT2D eigenvalue weighted by Crippen LogP contribution is -2.35. The van der Waals surface area contributed by atoms with Crippen LogP contribution in [0.15, 0.2) is 47.4 Å². The topological polar surface area (TPSA) is 52.7 Å². The average Bonchev–Trinajstić information content (AvgIpc) is 2.95. The van der Waals surface area contributed by atoms with Gasteiger partial charge in [0.1, 0.15) is 5.82 Å². The number of anilines is 1. The number of amides is 2. The van der Waals surface area contributed by atoms with Gasteiger partial charge in [0.05, 0.1) is 10.9 Å². The van der Waals surface area contributed by atoms with E-state index in [4.69, 9.17) is 0 Å². The van der Waals surface area contributed by atoms with Gasteiger partial charge >= 0.3 is 0 Å². The first-order chi connectivity index (χ1) is 14.0. The van der Waals surface area contributed by atoms with Crippen LogP contribution in [0.3, 0.4) is 0 Å². The van der Waals surface area contributed by atoms with E-state index in [2.05, 4.69) is 10.2 Å². The maximum atomic E-state index is 13.1. The third-order valence-electron chi connectivity index (χ3n) is 5.35. The van der Waals surface area contributed by atoms with E-state index in [0.29, 0.717) is 18.7 Å². The van der Waals surface area contributed by atoms with Crippen molar-refractivity contribution in [3.8, 4) is 0 Å². The molecule has 2 aromatic carbocycles. The van der Waals surface area contributed by atoms with Gasteiger partial charge in [0.25, 0.3) is 5.91 Å². The fourth-order valence-electron chi connectivity index (χ4n) is 3.70. The first-order valence-electron chi connectivity index (χ1n) is 9.87. The van der Waals surface area contributed by atoms with Crippen LogP contribution in [-0.4, -0.2) is 53.0 Å². The fourth-order valence-corrected chi connectivity index (χ4v) is 4.63. The van der Waals surface area contributed by atoms with Crippen molar-refractivity contribution in [1.29, 1.82) is 0 Å². The molecule has 2 aliphatic heterocycles. The van der Waals surface area contributed by atoms with Crippen molar-refractivity contribution < 1.29 is 14.0 Å². The van der Waals surface area contributed by atoms with Gasteiger partial charge in [0.15, 0.2) is 0 Å². The van der Waals surface area contributed by atoms with Crippen LogP contribution in [0, 0.1) is 5.82 Å². The van der Waals surface area contributed by atoms with Gasteiger partial charge in [0, 0.05) is 43.2 Å². The zero-order valence-electron chi connectivity index (χ0n) is 16.4. The third kappa shape index (κ3) is 4.62. The molecule has 2 aromatic rings. The summed E-state index contributed by atoms with van der Waals surface area (Å²) in [6.07, 6.45) is 0.891. The van der Waals surface area contributed by atoms with Gasteiger partial charge in [-0.25, -0.2) is 4.39 Å². The fraction of sp³-hybridized carbons (Fsp3) is 0.364. The van der Waals surface area contributed by atoms with Gasteiger partial charge in [-0.15, -0.1) is 11.8 Å². The number of benzene rings is 2. The summed E-state index contributed by atoms with van der Waals surface area (Å²) in [6.45, 7) is 5.65. The lowest BCUT2D eigenvalue weighted by molar-refractivity contribution is -0.115. The number of hydrogen-bond acceptors (Lipinski definition) is 4. The van der Waals surface area contributed by atoms with E-state index in [1.165, 1.54) is 23.9 Å². The number of carbonyl (C=O) groups is 2. The number of hydrogen-bond donors (Lipinski definition) is 1.